The van der Waals surface area contributed by atoms with Gasteiger partial charge in [-0.3, -0.25) is 0 Å². The monoisotopic (exact) mass is 279 g/mol. The molecular weight excluding hydrogens is 258 g/mol. The van der Waals surface area contributed by atoms with Gasteiger partial charge in [0.25, 0.3) is 0 Å². The zero-order valence-corrected chi connectivity index (χ0v) is 12.1. The van der Waals surface area contributed by atoms with Crippen LogP contribution >= 0.6 is 0 Å². The van der Waals surface area contributed by atoms with Gasteiger partial charge in [0.05, 0.1) is 30.1 Å². The van der Waals surface area contributed by atoms with Crippen molar-refractivity contribution in [3.05, 3.63) is 23.8 Å². The molecule has 2 N–H and O–H groups in total. The number of benzene rings is 1. The van der Waals surface area contributed by atoms with Crippen LogP contribution in [0.4, 0.5) is 5.69 Å². The second-order valence-corrected chi connectivity index (χ2v) is 5.59. The third kappa shape index (κ3) is 3.42. The summed E-state index contributed by atoms with van der Waals surface area (Å²) in [6, 6.07) is 4.85. The minimum Gasteiger partial charge on any atom is -0.489 e. The zero-order valence-electron chi connectivity index (χ0n) is 12.1. The molecule has 0 radical (unpaired) electrons. The highest BCUT2D eigenvalue weighted by Gasteiger charge is 2.32. The molecule has 0 aliphatic carbocycles. The molecule has 0 amide bonds. The summed E-state index contributed by atoms with van der Waals surface area (Å²) in [4.78, 5) is 11.5. The molecule has 1 aromatic carbocycles. The average Bonchev–Trinajstić information content (AvgIpc) is 2.76. The lowest BCUT2D eigenvalue weighted by atomic mass is 10.1. The second-order valence-electron chi connectivity index (χ2n) is 5.59. The van der Waals surface area contributed by atoms with E-state index in [0.29, 0.717) is 23.6 Å². The number of methoxy groups -OCH3 is 1. The van der Waals surface area contributed by atoms with Crippen LogP contribution in [-0.4, -0.2) is 31.4 Å². The smallest absolute Gasteiger partial charge is 0.337 e. The van der Waals surface area contributed by atoms with Crippen molar-refractivity contribution in [2.75, 3.05) is 19.5 Å². The van der Waals surface area contributed by atoms with Gasteiger partial charge in [-0.25, -0.2) is 4.79 Å². The van der Waals surface area contributed by atoms with Crippen molar-refractivity contribution in [3.63, 3.8) is 0 Å². The topological polar surface area (TPSA) is 70.8 Å². The van der Waals surface area contributed by atoms with Crippen molar-refractivity contribution in [2.24, 2.45) is 0 Å². The highest BCUT2D eigenvalue weighted by atomic mass is 16.6. The molecule has 5 nitrogen and oxygen atoms in total. The molecule has 1 fully saturated rings. The van der Waals surface area contributed by atoms with Gasteiger partial charge in [0.1, 0.15) is 12.4 Å². The summed E-state index contributed by atoms with van der Waals surface area (Å²) in [5, 5.41) is 0. The molecule has 1 aliphatic rings. The number of anilines is 1. The average molecular weight is 279 g/mol. The predicted molar refractivity (Wildman–Crippen MR) is 75.9 cm³/mol. The van der Waals surface area contributed by atoms with Crippen LogP contribution in [0, 0.1) is 0 Å². The molecule has 1 unspecified atom stereocenters. The molecule has 2 rings (SSSR count). The van der Waals surface area contributed by atoms with Crippen LogP contribution in [0.25, 0.3) is 0 Å². The predicted octanol–water partition coefficient (Wildman–Crippen LogP) is 2.39. The minimum atomic E-state index is -0.409. The lowest BCUT2D eigenvalue weighted by Crippen LogP contribution is -2.24. The van der Waals surface area contributed by atoms with Crippen molar-refractivity contribution in [3.8, 4) is 5.75 Å². The van der Waals surface area contributed by atoms with Gasteiger partial charge in [0.2, 0.25) is 0 Å². The van der Waals surface area contributed by atoms with Crippen molar-refractivity contribution in [1.82, 2.24) is 0 Å². The van der Waals surface area contributed by atoms with Gasteiger partial charge in [-0.05, 0) is 44.9 Å². The maximum absolute atomic E-state index is 11.5. The summed E-state index contributed by atoms with van der Waals surface area (Å²) in [7, 11) is 1.34. The summed E-state index contributed by atoms with van der Waals surface area (Å²) in [5.74, 6) is 0.0781. The first-order valence-corrected chi connectivity index (χ1v) is 6.70. The number of carbonyl (C=O) groups excluding carboxylic acids is 1. The van der Waals surface area contributed by atoms with Crippen molar-refractivity contribution in [1.29, 1.82) is 0 Å². The molecule has 110 valence electrons. The first-order chi connectivity index (χ1) is 9.41. The molecule has 1 aliphatic heterocycles. The second kappa shape index (κ2) is 5.71. The summed E-state index contributed by atoms with van der Waals surface area (Å²) in [5.41, 5.74) is 6.68. The Labute approximate surface area is 119 Å². The van der Waals surface area contributed by atoms with Gasteiger partial charge in [-0.2, -0.15) is 0 Å². The van der Waals surface area contributed by atoms with E-state index in [-0.39, 0.29) is 11.7 Å². The van der Waals surface area contributed by atoms with Crippen LogP contribution in [0.3, 0.4) is 0 Å². The molecule has 20 heavy (non-hydrogen) atoms. The van der Waals surface area contributed by atoms with Crippen LogP contribution in [0.5, 0.6) is 5.75 Å². The van der Waals surface area contributed by atoms with Crippen LogP contribution in [0.15, 0.2) is 18.2 Å². The van der Waals surface area contributed by atoms with E-state index in [1.54, 1.807) is 18.2 Å². The highest BCUT2D eigenvalue weighted by Crippen LogP contribution is 2.30. The van der Waals surface area contributed by atoms with Gasteiger partial charge < -0.3 is 19.9 Å². The summed E-state index contributed by atoms with van der Waals surface area (Å²) >= 11 is 0. The van der Waals surface area contributed by atoms with Crippen LogP contribution in [-0.2, 0) is 9.47 Å². The van der Waals surface area contributed by atoms with E-state index in [2.05, 4.69) is 18.6 Å². The van der Waals surface area contributed by atoms with E-state index >= 15 is 0 Å². The summed E-state index contributed by atoms with van der Waals surface area (Å²) in [6.07, 6.45) is 2.04. The first kappa shape index (κ1) is 14.7. The number of nitrogens with two attached hydrogens (primary N) is 1. The van der Waals surface area contributed by atoms with E-state index in [1.165, 1.54) is 7.11 Å². The summed E-state index contributed by atoms with van der Waals surface area (Å²) in [6.45, 7) is 4.57. The maximum atomic E-state index is 11.5. The molecule has 1 saturated heterocycles. The number of nitrogen functional groups attached to an aromatic ring is 1. The molecule has 1 aromatic rings. The molecule has 5 heteroatoms. The normalized spacial score (nSPS) is 20.6. The molecular formula is C15H21NO4. The number of rotatable bonds is 4. The van der Waals surface area contributed by atoms with Crippen molar-refractivity contribution in [2.45, 2.75) is 38.4 Å². The molecule has 0 saturated carbocycles. The fourth-order valence-corrected chi connectivity index (χ4v) is 2.28. The standard InChI is InChI=1S/C15H21NO4/c1-15(2)7-6-11(20-15)9-19-13-8-10(14(17)18-3)4-5-12(13)16/h4-5,8,11H,6-7,9,16H2,1-3H3. The Bertz CT molecular complexity index is 499. The Morgan fingerprint density at radius 1 is 1.50 bits per heavy atom. The van der Waals surface area contributed by atoms with Gasteiger partial charge in [-0.1, -0.05) is 0 Å². The Morgan fingerprint density at radius 2 is 2.25 bits per heavy atom. The van der Waals surface area contributed by atoms with E-state index in [1.807, 2.05) is 0 Å². The highest BCUT2D eigenvalue weighted by molar-refractivity contribution is 5.90. The fourth-order valence-electron chi connectivity index (χ4n) is 2.28. The Morgan fingerprint density at radius 3 is 2.85 bits per heavy atom. The SMILES string of the molecule is COC(=O)c1ccc(N)c(OCC2CCC(C)(C)O2)c1. The minimum absolute atomic E-state index is 0.0613. The molecule has 1 atom stereocenters. The first-order valence-electron chi connectivity index (χ1n) is 6.70. The third-order valence-electron chi connectivity index (χ3n) is 3.41. The molecule has 1 heterocycles. The fraction of sp³-hybridized carbons (Fsp3) is 0.533. The number of carbonyl (C=O) groups is 1. The molecule has 0 bridgehead atoms. The largest absolute Gasteiger partial charge is 0.489 e. The molecule has 0 spiro atoms. The van der Waals surface area contributed by atoms with Crippen molar-refractivity contribution >= 4 is 11.7 Å². The molecule has 0 aromatic heterocycles. The third-order valence-corrected chi connectivity index (χ3v) is 3.41. The Hall–Kier alpha value is -1.75. The van der Waals surface area contributed by atoms with Gasteiger partial charge >= 0.3 is 5.97 Å². The van der Waals surface area contributed by atoms with E-state index in [0.717, 1.165) is 12.8 Å². The summed E-state index contributed by atoms with van der Waals surface area (Å²) < 4.78 is 16.2. The van der Waals surface area contributed by atoms with Crippen LogP contribution in [0.2, 0.25) is 0 Å². The Kier molecular flexibility index (Phi) is 4.18. The van der Waals surface area contributed by atoms with Crippen LogP contribution in [0.1, 0.15) is 37.0 Å². The van der Waals surface area contributed by atoms with Crippen LogP contribution < -0.4 is 10.5 Å². The number of hydrogen-bond donors (Lipinski definition) is 1. The number of hydrogen-bond acceptors (Lipinski definition) is 5. The zero-order chi connectivity index (χ0) is 14.8. The Balaban J connectivity index is 2.00. The van der Waals surface area contributed by atoms with Gasteiger partial charge in [0.15, 0.2) is 0 Å². The lowest BCUT2D eigenvalue weighted by molar-refractivity contribution is -0.0325. The number of esters is 1. The quantitative estimate of drug-likeness (QED) is 0.677. The van der Waals surface area contributed by atoms with E-state index in [9.17, 15) is 4.79 Å². The number of ether oxygens (including phenoxy) is 3. The maximum Gasteiger partial charge on any atom is 0.337 e. The van der Waals surface area contributed by atoms with Gasteiger partial charge in [-0.15, -0.1) is 0 Å². The van der Waals surface area contributed by atoms with Crippen molar-refractivity contribution < 1.29 is 19.0 Å². The van der Waals surface area contributed by atoms with Gasteiger partial charge in [0, 0.05) is 0 Å². The van der Waals surface area contributed by atoms with E-state index < -0.39 is 5.97 Å². The lowest BCUT2D eigenvalue weighted by Gasteiger charge is -2.19. The van der Waals surface area contributed by atoms with E-state index in [4.69, 9.17) is 15.2 Å².